The summed E-state index contributed by atoms with van der Waals surface area (Å²) in [7, 11) is -2.29. The Bertz CT molecular complexity index is 988. The first-order valence-electron chi connectivity index (χ1n) is 9.56. The highest BCUT2D eigenvalue weighted by Crippen LogP contribution is 2.34. The van der Waals surface area contributed by atoms with Gasteiger partial charge in [0.1, 0.15) is 0 Å². The zero-order valence-corrected chi connectivity index (χ0v) is 17.6. The number of rotatable bonds is 6. The van der Waals surface area contributed by atoms with E-state index in [-0.39, 0.29) is 28.3 Å². The van der Waals surface area contributed by atoms with Crippen LogP contribution in [-0.4, -0.2) is 34.6 Å². The molecule has 1 unspecified atom stereocenters. The predicted octanol–water partition coefficient (Wildman–Crippen LogP) is 2.88. The lowest BCUT2D eigenvalue weighted by Crippen LogP contribution is -2.32. The van der Waals surface area contributed by atoms with Crippen LogP contribution < -0.4 is 19.5 Å². The van der Waals surface area contributed by atoms with Crippen molar-refractivity contribution < 1.29 is 22.7 Å². The summed E-state index contributed by atoms with van der Waals surface area (Å²) < 4.78 is 37.7. The van der Waals surface area contributed by atoms with Gasteiger partial charge in [-0.25, -0.2) is 13.1 Å². The van der Waals surface area contributed by atoms with Crippen molar-refractivity contribution in [2.45, 2.75) is 31.2 Å². The third-order valence-electron chi connectivity index (χ3n) is 4.76. The van der Waals surface area contributed by atoms with Gasteiger partial charge < -0.3 is 14.8 Å². The van der Waals surface area contributed by atoms with Crippen LogP contribution in [0, 0.1) is 5.92 Å². The fourth-order valence-corrected chi connectivity index (χ4v) is 3.93. The van der Waals surface area contributed by atoms with Gasteiger partial charge in [-0.2, -0.15) is 0 Å². The molecule has 0 fully saturated rings. The molecule has 1 aliphatic heterocycles. The lowest BCUT2D eigenvalue weighted by Gasteiger charge is -2.24. The monoisotopic (exact) mass is 418 g/mol. The Kier molecular flexibility index (Phi) is 6.44. The zero-order valence-electron chi connectivity index (χ0n) is 16.8. The average Bonchev–Trinajstić information content (AvgIpc) is 2.96. The SMILES string of the molecule is CNS(=O)(=O)c1cccc(C(=O)NC(c2ccc3c(c2)OCCCO3)C(C)C)c1. The van der Waals surface area contributed by atoms with Gasteiger partial charge in [-0.05, 0) is 48.9 Å². The van der Waals surface area contributed by atoms with Crippen LogP contribution >= 0.6 is 0 Å². The van der Waals surface area contributed by atoms with Crippen LogP contribution in [0.2, 0.25) is 0 Å². The Labute approximate surface area is 171 Å². The Morgan fingerprint density at radius 2 is 1.76 bits per heavy atom. The van der Waals surface area contributed by atoms with E-state index in [1.807, 2.05) is 32.0 Å². The summed E-state index contributed by atoms with van der Waals surface area (Å²) in [5.74, 6) is 1.13. The van der Waals surface area contributed by atoms with Crippen LogP contribution in [0.3, 0.4) is 0 Å². The number of amides is 1. The maximum absolute atomic E-state index is 12.9. The molecule has 1 heterocycles. The van der Waals surface area contributed by atoms with Gasteiger partial charge in [-0.15, -0.1) is 0 Å². The largest absolute Gasteiger partial charge is 0.490 e. The maximum atomic E-state index is 12.9. The molecule has 7 nitrogen and oxygen atoms in total. The number of benzene rings is 2. The summed E-state index contributed by atoms with van der Waals surface area (Å²) in [6, 6.07) is 11.4. The average molecular weight is 419 g/mol. The van der Waals surface area contributed by atoms with Crippen molar-refractivity contribution in [1.82, 2.24) is 10.0 Å². The normalized spacial score (nSPS) is 14.9. The number of carbonyl (C=O) groups is 1. The van der Waals surface area contributed by atoms with Crippen LogP contribution in [0.5, 0.6) is 11.5 Å². The minimum absolute atomic E-state index is 0.0457. The molecule has 2 N–H and O–H groups in total. The molecule has 2 aromatic rings. The molecule has 0 radical (unpaired) electrons. The number of ether oxygens (including phenoxy) is 2. The first-order valence-corrected chi connectivity index (χ1v) is 11.0. The van der Waals surface area contributed by atoms with Gasteiger partial charge in [0.05, 0.1) is 24.2 Å². The fourth-order valence-electron chi connectivity index (χ4n) is 3.16. The predicted molar refractivity (Wildman–Crippen MR) is 110 cm³/mol. The van der Waals surface area contributed by atoms with Gasteiger partial charge in [-0.1, -0.05) is 26.0 Å². The molecule has 1 aliphatic rings. The van der Waals surface area contributed by atoms with E-state index in [4.69, 9.17) is 9.47 Å². The smallest absolute Gasteiger partial charge is 0.251 e. The van der Waals surface area contributed by atoms with Crippen molar-refractivity contribution in [3.8, 4) is 11.5 Å². The van der Waals surface area contributed by atoms with Gasteiger partial charge in [0.2, 0.25) is 10.0 Å². The molecule has 0 bridgehead atoms. The molecular formula is C21H26N2O5S. The Morgan fingerprint density at radius 1 is 1.03 bits per heavy atom. The Hall–Kier alpha value is -2.58. The van der Waals surface area contributed by atoms with Crippen molar-refractivity contribution in [1.29, 1.82) is 0 Å². The van der Waals surface area contributed by atoms with Gasteiger partial charge in [-0.3, -0.25) is 4.79 Å². The number of sulfonamides is 1. The van der Waals surface area contributed by atoms with Crippen LogP contribution in [0.1, 0.15) is 42.2 Å². The molecule has 1 amide bonds. The van der Waals surface area contributed by atoms with E-state index in [9.17, 15) is 13.2 Å². The van der Waals surface area contributed by atoms with Crippen LogP contribution in [-0.2, 0) is 10.0 Å². The molecule has 0 spiro atoms. The highest BCUT2D eigenvalue weighted by atomic mass is 32.2. The second-order valence-electron chi connectivity index (χ2n) is 7.19. The topological polar surface area (TPSA) is 93.7 Å². The molecule has 2 aromatic carbocycles. The fraction of sp³-hybridized carbons (Fsp3) is 0.381. The third kappa shape index (κ3) is 4.89. The molecule has 3 rings (SSSR count). The molecule has 0 saturated heterocycles. The first-order chi connectivity index (χ1) is 13.8. The summed E-state index contributed by atoms with van der Waals surface area (Å²) in [6.07, 6.45) is 0.820. The number of hydrogen-bond donors (Lipinski definition) is 2. The molecule has 156 valence electrons. The summed E-state index contributed by atoms with van der Waals surface area (Å²) in [6.45, 7) is 5.22. The quantitative estimate of drug-likeness (QED) is 0.752. The number of nitrogens with one attached hydrogen (secondary N) is 2. The van der Waals surface area contributed by atoms with Crippen molar-refractivity contribution in [3.63, 3.8) is 0 Å². The van der Waals surface area contributed by atoms with Crippen molar-refractivity contribution in [3.05, 3.63) is 53.6 Å². The molecule has 0 aliphatic carbocycles. The summed E-state index contributed by atoms with van der Waals surface area (Å²) in [5, 5.41) is 3.02. The van der Waals surface area contributed by atoms with E-state index in [1.165, 1.54) is 19.2 Å². The molecule has 0 aromatic heterocycles. The van der Waals surface area contributed by atoms with E-state index in [2.05, 4.69) is 10.0 Å². The minimum Gasteiger partial charge on any atom is -0.490 e. The van der Waals surface area contributed by atoms with Crippen molar-refractivity contribution in [2.24, 2.45) is 5.92 Å². The molecular weight excluding hydrogens is 392 g/mol. The summed E-state index contributed by atoms with van der Waals surface area (Å²) in [4.78, 5) is 12.9. The van der Waals surface area contributed by atoms with E-state index in [0.29, 0.717) is 24.7 Å². The molecule has 8 heteroatoms. The van der Waals surface area contributed by atoms with Gasteiger partial charge >= 0.3 is 0 Å². The Balaban J connectivity index is 1.86. The lowest BCUT2D eigenvalue weighted by molar-refractivity contribution is 0.0925. The van der Waals surface area contributed by atoms with E-state index in [0.717, 1.165) is 12.0 Å². The maximum Gasteiger partial charge on any atom is 0.251 e. The first kappa shape index (κ1) is 21.1. The summed E-state index contributed by atoms with van der Waals surface area (Å²) in [5.41, 5.74) is 1.18. The highest BCUT2D eigenvalue weighted by Gasteiger charge is 2.22. The molecule has 1 atom stereocenters. The van der Waals surface area contributed by atoms with Crippen LogP contribution in [0.25, 0.3) is 0 Å². The van der Waals surface area contributed by atoms with Crippen molar-refractivity contribution >= 4 is 15.9 Å². The van der Waals surface area contributed by atoms with Gasteiger partial charge in [0.15, 0.2) is 11.5 Å². The number of carbonyl (C=O) groups excluding carboxylic acids is 1. The second kappa shape index (κ2) is 8.84. The van der Waals surface area contributed by atoms with Crippen LogP contribution in [0.4, 0.5) is 0 Å². The highest BCUT2D eigenvalue weighted by molar-refractivity contribution is 7.89. The molecule has 0 saturated carbocycles. The van der Waals surface area contributed by atoms with Gasteiger partial charge in [0.25, 0.3) is 5.91 Å². The standard InChI is InChI=1S/C21H26N2O5S/c1-14(2)20(15-8-9-18-19(13-15)28-11-5-10-27-18)23-21(24)16-6-4-7-17(12-16)29(25,26)22-3/h4,6-9,12-14,20,22H,5,10-11H2,1-3H3,(H,23,24). The number of hydrogen-bond acceptors (Lipinski definition) is 5. The molecule has 29 heavy (non-hydrogen) atoms. The van der Waals surface area contributed by atoms with Crippen LogP contribution in [0.15, 0.2) is 47.4 Å². The Morgan fingerprint density at radius 3 is 2.45 bits per heavy atom. The van der Waals surface area contributed by atoms with Gasteiger partial charge in [0, 0.05) is 12.0 Å². The van der Waals surface area contributed by atoms with Crippen molar-refractivity contribution in [2.75, 3.05) is 20.3 Å². The zero-order chi connectivity index (χ0) is 21.0. The lowest BCUT2D eigenvalue weighted by atomic mass is 9.95. The summed E-state index contributed by atoms with van der Waals surface area (Å²) >= 11 is 0. The van der Waals surface area contributed by atoms with E-state index >= 15 is 0 Å². The van der Waals surface area contributed by atoms with E-state index in [1.54, 1.807) is 12.1 Å². The second-order valence-corrected chi connectivity index (χ2v) is 9.07. The van der Waals surface area contributed by atoms with E-state index < -0.39 is 10.0 Å². The third-order valence-corrected chi connectivity index (χ3v) is 6.17. The number of fused-ring (bicyclic) bond motifs is 1. The minimum atomic E-state index is -3.63.